The number of benzene rings is 3. The minimum atomic E-state index is -3.46. The lowest BCUT2D eigenvalue weighted by molar-refractivity contribution is -0.136. The van der Waals surface area contributed by atoms with E-state index in [1.807, 2.05) is 56.3 Å². The third-order valence-corrected chi connectivity index (χ3v) is 9.02. The van der Waals surface area contributed by atoms with Crippen LogP contribution in [0.1, 0.15) is 37.0 Å². The molecule has 1 heterocycles. The van der Waals surface area contributed by atoms with Gasteiger partial charge in [0.1, 0.15) is 0 Å². The third-order valence-electron chi connectivity index (χ3n) is 6.81. The average molecular weight is 627 g/mol. The molecule has 0 aliphatic carbocycles. The number of rotatable bonds is 12. The van der Waals surface area contributed by atoms with Crippen molar-refractivity contribution in [1.82, 2.24) is 9.88 Å². The molecule has 0 aliphatic heterocycles. The number of aliphatic imine (C=N–C) groups is 1. The summed E-state index contributed by atoms with van der Waals surface area (Å²) in [6, 6.07) is 19.4. The van der Waals surface area contributed by atoms with Gasteiger partial charge < -0.3 is 20.1 Å². The molecule has 1 aromatic heterocycles. The number of aliphatic carboxylic acids is 1. The standard InChI is InChI=1S/C30H32BrN3O5S/c1-3-34(4-2)16-17-40(38,39)24-12-10-23(11-13-24)32-29(21-7-5-6-20(18-21)8-15-27(35)36)28-25-14-9-22(31)19-26(25)33-30(28)37/h5-7,9-14,18-19,33,37H,3-4,8,15-17H2,1-2H3,(H,35,36). The van der Waals surface area contributed by atoms with Gasteiger partial charge in [-0.05, 0) is 67.5 Å². The van der Waals surface area contributed by atoms with Crippen LogP contribution in [0.4, 0.5) is 5.69 Å². The van der Waals surface area contributed by atoms with Crippen LogP contribution in [-0.2, 0) is 21.1 Å². The molecule has 3 N–H and O–H groups in total. The summed E-state index contributed by atoms with van der Waals surface area (Å²) in [5.74, 6) is -0.908. The highest BCUT2D eigenvalue weighted by Gasteiger charge is 2.20. The number of aromatic amines is 1. The summed E-state index contributed by atoms with van der Waals surface area (Å²) in [6.07, 6.45) is 0.343. The monoisotopic (exact) mass is 625 g/mol. The first-order valence-corrected chi connectivity index (χ1v) is 15.5. The molecule has 10 heteroatoms. The van der Waals surface area contributed by atoms with E-state index in [-0.39, 0.29) is 22.9 Å². The lowest BCUT2D eigenvalue weighted by atomic mass is 9.98. The second-order valence-corrected chi connectivity index (χ2v) is 12.5. The van der Waals surface area contributed by atoms with E-state index < -0.39 is 15.8 Å². The topological polar surface area (TPSA) is 123 Å². The van der Waals surface area contributed by atoms with Crippen LogP contribution in [0.25, 0.3) is 10.9 Å². The highest BCUT2D eigenvalue weighted by molar-refractivity contribution is 9.10. The number of nitrogens with zero attached hydrogens (tertiary/aromatic N) is 2. The van der Waals surface area contributed by atoms with Crippen molar-refractivity contribution in [3.05, 3.63) is 87.9 Å². The van der Waals surface area contributed by atoms with Crippen LogP contribution in [0.5, 0.6) is 5.88 Å². The van der Waals surface area contributed by atoms with Gasteiger partial charge in [-0.3, -0.25) is 4.79 Å². The van der Waals surface area contributed by atoms with Crippen LogP contribution in [0, 0.1) is 0 Å². The largest absolute Gasteiger partial charge is 0.494 e. The Bertz CT molecular complexity index is 1640. The molecule has 210 valence electrons. The molecule has 0 atom stereocenters. The zero-order valence-corrected chi connectivity index (χ0v) is 24.8. The number of carboxylic acids is 1. The number of aromatic nitrogens is 1. The Morgan fingerprint density at radius 2 is 1.75 bits per heavy atom. The van der Waals surface area contributed by atoms with Gasteiger partial charge in [-0.15, -0.1) is 0 Å². The van der Waals surface area contributed by atoms with E-state index in [1.165, 1.54) is 0 Å². The first-order chi connectivity index (χ1) is 19.1. The molecule has 0 unspecified atom stereocenters. The molecule has 8 nitrogen and oxygen atoms in total. The maximum absolute atomic E-state index is 12.9. The number of carboxylic acid groups (broad SMARTS) is 1. The van der Waals surface area contributed by atoms with Gasteiger partial charge in [0.15, 0.2) is 15.7 Å². The van der Waals surface area contributed by atoms with E-state index in [1.54, 1.807) is 24.3 Å². The maximum Gasteiger partial charge on any atom is 0.303 e. The van der Waals surface area contributed by atoms with Crippen LogP contribution < -0.4 is 0 Å². The molecular formula is C30H32BrN3O5S. The minimum Gasteiger partial charge on any atom is -0.494 e. The fourth-order valence-electron chi connectivity index (χ4n) is 4.55. The summed E-state index contributed by atoms with van der Waals surface area (Å²) >= 11 is 3.46. The van der Waals surface area contributed by atoms with Gasteiger partial charge in [-0.1, -0.05) is 54.0 Å². The van der Waals surface area contributed by atoms with Gasteiger partial charge >= 0.3 is 5.97 Å². The average Bonchev–Trinajstić information content (AvgIpc) is 3.25. The number of H-pyrrole nitrogens is 1. The van der Waals surface area contributed by atoms with Crippen molar-refractivity contribution in [3.63, 3.8) is 0 Å². The molecule has 0 amide bonds. The van der Waals surface area contributed by atoms with Crippen LogP contribution in [-0.4, -0.2) is 65.6 Å². The van der Waals surface area contributed by atoms with Gasteiger partial charge in [-0.25, -0.2) is 13.4 Å². The van der Waals surface area contributed by atoms with Crippen molar-refractivity contribution in [2.45, 2.75) is 31.6 Å². The van der Waals surface area contributed by atoms with Crippen LogP contribution in [0.15, 0.2) is 81.1 Å². The van der Waals surface area contributed by atoms with Crippen molar-refractivity contribution in [2.24, 2.45) is 4.99 Å². The van der Waals surface area contributed by atoms with Crippen molar-refractivity contribution < 1.29 is 23.4 Å². The lowest BCUT2D eigenvalue weighted by Crippen LogP contribution is -2.29. The van der Waals surface area contributed by atoms with Crippen molar-refractivity contribution >= 4 is 54.0 Å². The Hall–Kier alpha value is -3.47. The molecule has 0 saturated heterocycles. The molecule has 0 fully saturated rings. The summed E-state index contributed by atoms with van der Waals surface area (Å²) < 4.78 is 26.7. The molecular weight excluding hydrogens is 594 g/mol. The summed E-state index contributed by atoms with van der Waals surface area (Å²) in [6.45, 7) is 6.06. The smallest absolute Gasteiger partial charge is 0.303 e. The summed E-state index contributed by atoms with van der Waals surface area (Å²) in [5.41, 5.74) is 3.71. The predicted octanol–water partition coefficient (Wildman–Crippen LogP) is 5.94. The first-order valence-electron chi connectivity index (χ1n) is 13.1. The molecule has 4 rings (SSSR count). The Balaban J connectivity index is 1.76. The fraction of sp³-hybridized carbons (Fsp3) is 0.267. The van der Waals surface area contributed by atoms with Crippen LogP contribution in [0.3, 0.4) is 0 Å². The van der Waals surface area contributed by atoms with E-state index >= 15 is 0 Å². The lowest BCUT2D eigenvalue weighted by Gasteiger charge is -2.17. The summed E-state index contributed by atoms with van der Waals surface area (Å²) in [7, 11) is -3.46. The number of hydrogen-bond donors (Lipinski definition) is 3. The van der Waals surface area contributed by atoms with Gasteiger partial charge in [0.2, 0.25) is 0 Å². The van der Waals surface area contributed by atoms with Crippen molar-refractivity contribution in [3.8, 4) is 5.88 Å². The number of nitrogens with one attached hydrogen (secondary N) is 1. The second-order valence-electron chi connectivity index (χ2n) is 9.43. The zero-order chi connectivity index (χ0) is 28.9. The van der Waals surface area contributed by atoms with E-state index in [2.05, 4.69) is 25.8 Å². The van der Waals surface area contributed by atoms with E-state index in [0.29, 0.717) is 41.0 Å². The predicted molar refractivity (Wildman–Crippen MR) is 162 cm³/mol. The Kier molecular flexibility index (Phi) is 9.44. The van der Waals surface area contributed by atoms with Gasteiger partial charge in [0.05, 0.1) is 33.1 Å². The number of aryl methyl sites for hydroxylation is 1. The number of sulfone groups is 1. The Labute approximate surface area is 242 Å². The molecule has 4 aromatic rings. The van der Waals surface area contributed by atoms with Gasteiger partial charge in [0.25, 0.3) is 0 Å². The fourth-order valence-corrected chi connectivity index (χ4v) is 6.20. The van der Waals surface area contributed by atoms with Crippen molar-refractivity contribution in [1.29, 1.82) is 0 Å². The van der Waals surface area contributed by atoms with Gasteiger partial charge in [0, 0.05) is 28.4 Å². The van der Waals surface area contributed by atoms with E-state index in [0.717, 1.165) is 28.5 Å². The molecule has 0 aliphatic rings. The summed E-state index contributed by atoms with van der Waals surface area (Å²) in [4.78, 5) is 21.3. The minimum absolute atomic E-state index is 0.00744. The second kappa shape index (κ2) is 12.8. The first kappa shape index (κ1) is 29.5. The number of fused-ring (bicyclic) bond motifs is 1. The van der Waals surface area contributed by atoms with Crippen LogP contribution in [0.2, 0.25) is 0 Å². The number of halogens is 1. The molecule has 0 spiro atoms. The molecule has 0 saturated carbocycles. The zero-order valence-electron chi connectivity index (χ0n) is 22.4. The molecule has 0 radical (unpaired) electrons. The quantitative estimate of drug-likeness (QED) is 0.167. The van der Waals surface area contributed by atoms with Gasteiger partial charge in [-0.2, -0.15) is 0 Å². The number of aromatic hydroxyl groups is 1. The van der Waals surface area contributed by atoms with E-state index in [9.17, 15) is 18.3 Å². The van der Waals surface area contributed by atoms with E-state index in [4.69, 9.17) is 10.1 Å². The number of carbonyl (C=O) groups is 1. The van der Waals surface area contributed by atoms with Crippen LogP contribution >= 0.6 is 15.9 Å². The summed E-state index contributed by atoms with van der Waals surface area (Å²) in [5, 5.41) is 20.8. The maximum atomic E-state index is 12.9. The Morgan fingerprint density at radius 1 is 1.02 bits per heavy atom. The highest BCUT2D eigenvalue weighted by Crippen LogP contribution is 2.33. The van der Waals surface area contributed by atoms with Crippen molar-refractivity contribution in [2.75, 3.05) is 25.4 Å². The SMILES string of the molecule is CCN(CC)CCS(=O)(=O)c1ccc(N=C(c2cccc(CCC(=O)O)c2)c2c(O)[nH]c3cc(Br)ccc23)cc1. The normalized spacial score (nSPS) is 12.3. The highest BCUT2D eigenvalue weighted by atomic mass is 79.9. The molecule has 40 heavy (non-hydrogen) atoms. The molecule has 0 bridgehead atoms. The Morgan fingerprint density at radius 3 is 2.42 bits per heavy atom. The molecule has 3 aromatic carbocycles. The number of hydrogen-bond acceptors (Lipinski definition) is 6. The third kappa shape index (κ3) is 6.99.